The molecule has 3 aromatic rings. The van der Waals surface area contributed by atoms with E-state index >= 15 is 0 Å². The number of nitrogens with two attached hydrogens (primary N) is 1. The summed E-state index contributed by atoms with van der Waals surface area (Å²) in [5.41, 5.74) is 7.53. The number of pyridine rings is 3. The predicted octanol–water partition coefficient (Wildman–Crippen LogP) is 1.28. The Kier molecular flexibility index (Phi) is 5.18. The zero-order valence-electron chi connectivity index (χ0n) is 16.5. The van der Waals surface area contributed by atoms with Gasteiger partial charge in [-0.05, 0) is 37.1 Å². The van der Waals surface area contributed by atoms with E-state index in [-0.39, 0.29) is 29.8 Å². The average Bonchev–Trinajstić information content (AvgIpc) is 3.24. The van der Waals surface area contributed by atoms with Gasteiger partial charge in [0.15, 0.2) is 11.4 Å². The zero-order valence-corrected chi connectivity index (χ0v) is 16.5. The van der Waals surface area contributed by atoms with Crippen LogP contribution in [0.1, 0.15) is 28.2 Å². The minimum Gasteiger partial charge on any atom is -0.505 e. The Bertz CT molecular complexity index is 1120. The summed E-state index contributed by atoms with van der Waals surface area (Å²) < 4.78 is 0. The number of carbonyl (C=O) groups is 2. The normalized spacial score (nSPS) is 16.0. The Morgan fingerprint density at radius 3 is 2.77 bits per heavy atom. The summed E-state index contributed by atoms with van der Waals surface area (Å²) in [5, 5.41) is 13.7. The van der Waals surface area contributed by atoms with Crippen molar-refractivity contribution in [3.8, 4) is 5.75 Å². The summed E-state index contributed by atoms with van der Waals surface area (Å²) in [6.07, 6.45) is 3.84. The lowest BCUT2D eigenvalue weighted by Crippen LogP contribution is -2.27. The Morgan fingerprint density at radius 1 is 1.23 bits per heavy atom. The summed E-state index contributed by atoms with van der Waals surface area (Å²) in [6, 6.07) is 7.20. The van der Waals surface area contributed by atoms with Crippen molar-refractivity contribution >= 4 is 28.5 Å². The van der Waals surface area contributed by atoms with Crippen molar-refractivity contribution in [1.29, 1.82) is 0 Å². The minimum absolute atomic E-state index is 0.0629. The molecule has 3 aromatic heterocycles. The van der Waals surface area contributed by atoms with Gasteiger partial charge in [-0.25, -0.2) is 9.97 Å². The predicted molar refractivity (Wildman–Crippen MR) is 111 cm³/mol. The monoisotopic (exact) mass is 406 g/mol. The Balaban J connectivity index is 1.51. The SMILES string of the molecule is Cc1ccc(CNC(=O)c2ncc3nc(N4CC[C@H](C(N)=O)C4)ccc3c2O)cn1. The van der Waals surface area contributed by atoms with E-state index in [0.29, 0.717) is 36.2 Å². The first-order valence-electron chi connectivity index (χ1n) is 9.65. The highest BCUT2D eigenvalue weighted by Gasteiger charge is 2.27. The average molecular weight is 406 g/mol. The molecule has 1 fully saturated rings. The van der Waals surface area contributed by atoms with Crippen LogP contribution in [0.3, 0.4) is 0 Å². The molecule has 0 bridgehead atoms. The van der Waals surface area contributed by atoms with Gasteiger partial charge in [0.05, 0.1) is 17.6 Å². The van der Waals surface area contributed by atoms with Crippen LogP contribution < -0.4 is 16.0 Å². The van der Waals surface area contributed by atoms with E-state index in [0.717, 1.165) is 11.3 Å². The van der Waals surface area contributed by atoms with E-state index < -0.39 is 5.91 Å². The first-order valence-corrected chi connectivity index (χ1v) is 9.65. The van der Waals surface area contributed by atoms with E-state index in [2.05, 4.69) is 20.3 Å². The van der Waals surface area contributed by atoms with Crippen LogP contribution in [0.2, 0.25) is 0 Å². The Hall–Kier alpha value is -3.75. The highest BCUT2D eigenvalue weighted by Crippen LogP contribution is 2.29. The van der Waals surface area contributed by atoms with Gasteiger partial charge in [-0.3, -0.25) is 14.6 Å². The van der Waals surface area contributed by atoms with Gasteiger partial charge in [0, 0.05) is 36.9 Å². The number of aromatic hydroxyl groups is 1. The van der Waals surface area contributed by atoms with Crippen LogP contribution in [0.5, 0.6) is 5.75 Å². The van der Waals surface area contributed by atoms with E-state index in [1.807, 2.05) is 24.0 Å². The van der Waals surface area contributed by atoms with Crippen LogP contribution in [0.25, 0.3) is 10.9 Å². The zero-order chi connectivity index (χ0) is 21.3. The number of rotatable bonds is 5. The topological polar surface area (TPSA) is 134 Å². The van der Waals surface area contributed by atoms with E-state index in [4.69, 9.17) is 5.73 Å². The maximum Gasteiger partial charge on any atom is 0.274 e. The van der Waals surface area contributed by atoms with Crippen molar-refractivity contribution < 1.29 is 14.7 Å². The van der Waals surface area contributed by atoms with Crippen LogP contribution in [0, 0.1) is 12.8 Å². The molecule has 2 amide bonds. The summed E-state index contributed by atoms with van der Waals surface area (Å²) in [7, 11) is 0. The van der Waals surface area contributed by atoms with Gasteiger partial charge in [-0.15, -0.1) is 0 Å². The fourth-order valence-corrected chi connectivity index (χ4v) is 3.49. The lowest BCUT2D eigenvalue weighted by molar-refractivity contribution is -0.121. The largest absolute Gasteiger partial charge is 0.505 e. The first kappa shape index (κ1) is 19.6. The lowest BCUT2D eigenvalue weighted by atomic mass is 10.1. The number of aromatic nitrogens is 3. The Morgan fingerprint density at radius 2 is 2.07 bits per heavy atom. The standard InChI is InChI=1S/C21H22N6O3/c1-12-2-3-13(8-23-12)9-25-21(30)18-19(28)15-4-5-17(26-16(15)10-24-18)27-7-6-14(11-27)20(22)29/h2-5,8,10,14,28H,6-7,9,11H2,1H3,(H2,22,29)(H,25,30)/t14-/m0/s1. The number of hydrogen-bond donors (Lipinski definition) is 3. The van der Waals surface area contributed by atoms with Crippen LogP contribution in [-0.4, -0.2) is 45.0 Å². The molecule has 0 saturated carbocycles. The van der Waals surface area contributed by atoms with E-state index in [1.165, 1.54) is 6.20 Å². The first-order chi connectivity index (χ1) is 14.4. The van der Waals surface area contributed by atoms with Crippen molar-refractivity contribution in [1.82, 2.24) is 20.3 Å². The van der Waals surface area contributed by atoms with Crippen LogP contribution in [0.4, 0.5) is 5.82 Å². The summed E-state index contributed by atoms with van der Waals surface area (Å²) in [6.45, 7) is 3.36. The second-order valence-corrected chi connectivity index (χ2v) is 7.38. The molecule has 1 atom stereocenters. The number of carbonyl (C=O) groups excluding carboxylic acids is 2. The molecule has 1 aliphatic rings. The van der Waals surface area contributed by atoms with Crippen molar-refractivity contribution in [2.75, 3.05) is 18.0 Å². The second kappa shape index (κ2) is 7.94. The molecular weight excluding hydrogens is 384 g/mol. The Labute approximate surface area is 173 Å². The summed E-state index contributed by atoms with van der Waals surface area (Å²) >= 11 is 0. The second-order valence-electron chi connectivity index (χ2n) is 7.38. The molecule has 0 unspecified atom stereocenters. The molecular formula is C21H22N6O3. The highest BCUT2D eigenvalue weighted by atomic mass is 16.3. The molecule has 30 heavy (non-hydrogen) atoms. The number of aryl methyl sites for hydroxylation is 1. The fraction of sp³-hybridized carbons (Fsp3) is 0.286. The summed E-state index contributed by atoms with van der Waals surface area (Å²) in [4.78, 5) is 38.7. The molecule has 0 spiro atoms. The van der Waals surface area contributed by atoms with Gasteiger partial charge in [-0.2, -0.15) is 0 Å². The number of primary amides is 1. The van der Waals surface area contributed by atoms with Crippen molar-refractivity contribution in [3.63, 3.8) is 0 Å². The molecule has 0 aromatic carbocycles. The molecule has 154 valence electrons. The number of anilines is 1. The molecule has 9 heteroatoms. The molecule has 0 radical (unpaired) electrons. The van der Waals surface area contributed by atoms with Gasteiger partial charge < -0.3 is 21.1 Å². The third-order valence-corrected chi connectivity index (χ3v) is 5.26. The molecule has 1 saturated heterocycles. The van der Waals surface area contributed by atoms with E-state index in [1.54, 1.807) is 18.3 Å². The molecule has 9 nitrogen and oxygen atoms in total. The molecule has 1 aliphatic heterocycles. The molecule has 4 rings (SSSR count). The number of amides is 2. The highest BCUT2D eigenvalue weighted by molar-refractivity contribution is 6.00. The van der Waals surface area contributed by atoms with Gasteiger partial charge in [-0.1, -0.05) is 6.07 Å². The maximum atomic E-state index is 12.5. The lowest BCUT2D eigenvalue weighted by Gasteiger charge is -2.17. The molecule has 4 heterocycles. The molecule has 4 N–H and O–H groups in total. The number of hydrogen-bond acceptors (Lipinski definition) is 7. The van der Waals surface area contributed by atoms with E-state index in [9.17, 15) is 14.7 Å². The number of fused-ring (bicyclic) bond motifs is 1. The smallest absolute Gasteiger partial charge is 0.274 e. The molecule has 0 aliphatic carbocycles. The van der Waals surface area contributed by atoms with Crippen molar-refractivity contribution in [3.05, 3.63) is 53.6 Å². The van der Waals surface area contributed by atoms with Crippen LogP contribution >= 0.6 is 0 Å². The van der Waals surface area contributed by atoms with Crippen molar-refractivity contribution in [2.24, 2.45) is 11.7 Å². The summed E-state index contributed by atoms with van der Waals surface area (Å²) in [5.74, 6) is -0.527. The number of nitrogens with one attached hydrogen (secondary N) is 1. The number of nitrogens with zero attached hydrogens (tertiary/aromatic N) is 4. The van der Waals surface area contributed by atoms with Crippen LogP contribution in [0.15, 0.2) is 36.7 Å². The quantitative estimate of drug-likeness (QED) is 0.581. The minimum atomic E-state index is -0.483. The van der Waals surface area contributed by atoms with Crippen molar-refractivity contribution in [2.45, 2.75) is 19.9 Å². The van der Waals surface area contributed by atoms with Gasteiger partial charge in [0.25, 0.3) is 5.91 Å². The van der Waals surface area contributed by atoms with Gasteiger partial charge >= 0.3 is 0 Å². The third-order valence-electron chi connectivity index (χ3n) is 5.26. The maximum absolute atomic E-state index is 12.5. The van der Waals surface area contributed by atoms with Gasteiger partial charge in [0.2, 0.25) is 5.91 Å². The van der Waals surface area contributed by atoms with Crippen LogP contribution in [-0.2, 0) is 11.3 Å². The van der Waals surface area contributed by atoms with Gasteiger partial charge in [0.1, 0.15) is 5.82 Å². The third kappa shape index (κ3) is 3.86. The fourth-order valence-electron chi connectivity index (χ4n) is 3.49.